The Hall–Kier alpha value is -7.11. The Labute approximate surface area is 449 Å². The number of primary amides is 1. The van der Waals surface area contributed by atoms with E-state index in [0.29, 0.717) is 55.5 Å². The molecule has 77 heavy (non-hydrogen) atoms. The molecule has 3 aliphatic heterocycles. The number of unbranched alkanes of at least 4 members (excludes halogenated alkanes) is 1. The van der Waals surface area contributed by atoms with Crippen LogP contribution in [0.4, 0.5) is 4.79 Å². The Balaban J connectivity index is 1.06. The van der Waals surface area contributed by atoms with Crippen LogP contribution in [0.1, 0.15) is 70.1 Å². The highest BCUT2D eigenvalue weighted by Gasteiger charge is 2.42. The van der Waals surface area contributed by atoms with Gasteiger partial charge in [-0.2, -0.15) is 11.8 Å². The van der Waals surface area contributed by atoms with Crippen LogP contribution in [0.3, 0.4) is 0 Å². The molecule has 0 radical (unpaired) electrons. The molecule has 29 heteroatoms. The Bertz CT molecular complexity index is 2340. The number of aryl methyl sites for hydroxylation is 1. The van der Waals surface area contributed by atoms with Gasteiger partial charge in [0, 0.05) is 49.6 Å². The van der Waals surface area contributed by atoms with Gasteiger partial charge in [-0.15, -0.1) is 5.10 Å². The zero-order valence-electron chi connectivity index (χ0n) is 43.2. The number of aromatic hydroxyl groups is 1. The van der Waals surface area contributed by atoms with Crippen LogP contribution in [0.15, 0.2) is 30.5 Å². The fourth-order valence-electron chi connectivity index (χ4n) is 8.30. The minimum Gasteiger partial charge on any atom is -0.508 e. The third-order valence-electron chi connectivity index (χ3n) is 12.5. The fourth-order valence-corrected chi connectivity index (χ4v) is 9.84. The van der Waals surface area contributed by atoms with Gasteiger partial charge in [0.05, 0.1) is 63.9 Å². The second-order valence-electron chi connectivity index (χ2n) is 18.7. The van der Waals surface area contributed by atoms with Gasteiger partial charge in [0.15, 0.2) is 0 Å². The summed E-state index contributed by atoms with van der Waals surface area (Å²) in [5, 5.41) is 44.5. The molecule has 0 saturated carbocycles. The van der Waals surface area contributed by atoms with Gasteiger partial charge in [-0.05, 0) is 63.6 Å². The van der Waals surface area contributed by atoms with Crippen molar-refractivity contribution in [3.8, 4) is 5.75 Å². The number of urea groups is 1. The van der Waals surface area contributed by atoms with E-state index < -0.39 is 97.2 Å². The number of aromatic nitrogens is 3. The molecular weight excluding hydrogens is 1030 g/mol. The van der Waals surface area contributed by atoms with Crippen molar-refractivity contribution in [2.24, 2.45) is 5.73 Å². The first-order chi connectivity index (χ1) is 36.9. The topological polar surface area (TPSA) is 396 Å². The molecule has 2 saturated heterocycles. The van der Waals surface area contributed by atoms with Crippen LogP contribution >= 0.6 is 11.8 Å². The van der Waals surface area contributed by atoms with Crippen LogP contribution < -0.4 is 58.9 Å². The Kier molecular flexibility index (Phi) is 25.1. The van der Waals surface area contributed by atoms with Crippen molar-refractivity contribution < 1.29 is 67.3 Å². The number of phenols is 1. The number of ether oxygens (including phenoxy) is 3. The summed E-state index contributed by atoms with van der Waals surface area (Å²) in [6.07, 6.45) is 5.27. The molecule has 4 heterocycles. The highest BCUT2D eigenvalue weighted by atomic mass is 32.2. The number of hydrogen-bond acceptors (Lipinski definition) is 17. The van der Waals surface area contributed by atoms with E-state index in [9.17, 15) is 53.1 Å². The summed E-state index contributed by atoms with van der Waals surface area (Å²) in [4.78, 5) is 128. The van der Waals surface area contributed by atoms with Crippen molar-refractivity contribution in [3.63, 3.8) is 0 Å². The SMILES string of the molecule is C[C@@H]1NC(=O)CNC(=O)[C@H](C)NC(=O)C(NC(=O)COCCOCCOCCNC(=O)CCCC[C@H]2SCC3NC(=O)N[C@H]32)Cc2cn(nn2)CCCCC(C(N)=O)NC(=O)CNC(=O)[C@H](Cc2ccc(O)cc2)NC1=O. The molecule has 2 fully saturated rings. The van der Waals surface area contributed by atoms with E-state index in [1.54, 1.807) is 6.20 Å². The molecule has 0 aliphatic carbocycles. The molecule has 2 bridgehead atoms. The van der Waals surface area contributed by atoms with Gasteiger partial charge in [0.1, 0.15) is 42.6 Å². The van der Waals surface area contributed by atoms with Crippen molar-refractivity contribution in [2.45, 2.75) is 126 Å². The molecule has 2 aromatic rings. The summed E-state index contributed by atoms with van der Waals surface area (Å²) in [5.74, 6) is -5.31. The minimum absolute atomic E-state index is 0.0279. The third kappa shape index (κ3) is 21.8. The van der Waals surface area contributed by atoms with Crippen molar-refractivity contribution in [1.29, 1.82) is 0 Å². The number of nitrogens with one attached hydrogen (secondary N) is 10. The third-order valence-corrected chi connectivity index (χ3v) is 14.0. The number of fused-ring (bicyclic) bond motifs is 3. The van der Waals surface area contributed by atoms with Crippen molar-refractivity contribution >= 4 is 71.0 Å². The maximum Gasteiger partial charge on any atom is 0.315 e. The molecule has 3 aliphatic rings. The number of carbonyl (C=O) groups excluding carboxylic acids is 10. The maximum atomic E-state index is 13.6. The molecule has 1 aromatic carbocycles. The Morgan fingerprint density at radius 2 is 1.47 bits per heavy atom. The van der Waals surface area contributed by atoms with Gasteiger partial charge in [0.2, 0.25) is 53.2 Å². The average molecular weight is 1100 g/mol. The normalized spacial score (nSPS) is 24.3. The summed E-state index contributed by atoms with van der Waals surface area (Å²) in [5.41, 5.74) is 6.41. The zero-order chi connectivity index (χ0) is 55.7. The van der Waals surface area contributed by atoms with Crippen LogP contribution in [0.5, 0.6) is 5.75 Å². The molecule has 28 nitrogen and oxygen atoms in total. The first-order valence-corrected chi connectivity index (χ1v) is 26.7. The summed E-state index contributed by atoms with van der Waals surface area (Å²) < 4.78 is 18.0. The van der Waals surface area contributed by atoms with E-state index in [1.165, 1.54) is 42.8 Å². The maximum absolute atomic E-state index is 13.6. The number of thioether (sulfide) groups is 1. The first-order valence-electron chi connectivity index (χ1n) is 25.6. The lowest BCUT2D eigenvalue weighted by Crippen LogP contribution is -2.56. The molecular formula is C48H72N14O14S. The summed E-state index contributed by atoms with van der Waals surface area (Å²) in [7, 11) is 0. The Morgan fingerprint density at radius 1 is 0.779 bits per heavy atom. The molecule has 11 amide bonds. The van der Waals surface area contributed by atoms with E-state index in [0.717, 1.165) is 25.0 Å². The molecule has 8 atom stereocenters. The Morgan fingerprint density at radius 3 is 2.21 bits per heavy atom. The number of phenolic OH excluding ortho intramolecular Hbond substituents is 1. The second-order valence-corrected chi connectivity index (χ2v) is 20.0. The van der Waals surface area contributed by atoms with Crippen LogP contribution in [-0.2, 0) is 76.7 Å². The van der Waals surface area contributed by atoms with Gasteiger partial charge in [-0.25, -0.2) is 4.79 Å². The van der Waals surface area contributed by atoms with E-state index in [-0.39, 0.29) is 75.5 Å². The molecule has 13 N–H and O–H groups in total. The number of rotatable bonds is 20. The summed E-state index contributed by atoms with van der Waals surface area (Å²) in [6, 6.07) is -0.0323. The van der Waals surface area contributed by atoms with Crippen molar-refractivity contribution in [2.75, 3.05) is 65.0 Å². The highest BCUT2D eigenvalue weighted by molar-refractivity contribution is 8.00. The van der Waals surface area contributed by atoms with E-state index >= 15 is 0 Å². The summed E-state index contributed by atoms with van der Waals surface area (Å²) in [6.45, 7) is 2.64. The van der Waals surface area contributed by atoms with Crippen LogP contribution in [0, 0.1) is 0 Å². The predicted molar refractivity (Wildman–Crippen MR) is 275 cm³/mol. The molecule has 3 unspecified atom stereocenters. The van der Waals surface area contributed by atoms with Gasteiger partial charge in [0.25, 0.3) is 0 Å². The number of nitrogens with two attached hydrogens (primary N) is 1. The lowest BCUT2D eigenvalue weighted by Gasteiger charge is -2.22. The van der Waals surface area contributed by atoms with Crippen LogP contribution in [0.2, 0.25) is 0 Å². The first kappa shape index (κ1) is 60.8. The smallest absolute Gasteiger partial charge is 0.315 e. The van der Waals surface area contributed by atoms with E-state index in [2.05, 4.69) is 63.5 Å². The van der Waals surface area contributed by atoms with Gasteiger partial charge in [-0.1, -0.05) is 23.8 Å². The second kappa shape index (κ2) is 31.8. The molecule has 5 rings (SSSR count). The number of benzene rings is 1. The van der Waals surface area contributed by atoms with Gasteiger partial charge in [-0.3, -0.25) is 47.8 Å². The summed E-state index contributed by atoms with van der Waals surface area (Å²) >= 11 is 1.85. The lowest BCUT2D eigenvalue weighted by atomic mass is 10.0. The fraction of sp³-hybridized carbons (Fsp3) is 0.625. The number of amides is 11. The van der Waals surface area contributed by atoms with Crippen LogP contribution in [-0.4, -0.2) is 192 Å². The number of carbonyl (C=O) groups is 10. The predicted octanol–water partition coefficient (Wildman–Crippen LogP) is -3.97. The molecule has 0 spiro atoms. The highest BCUT2D eigenvalue weighted by Crippen LogP contribution is 2.33. The lowest BCUT2D eigenvalue weighted by molar-refractivity contribution is -0.134. The van der Waals surface area contributed by atoms with Gasteiger partial charge >= 0.3 is 6.03 Å². The van der Waals surface area contributed by atoms with E-state index in [4.69, 9.17) is 19.9 Å². The van der Waals surface area contributed by atoms with Crippen molar-refractivity contribution in [1.82, 2.24) is 68.2 Å². The van der Waals surface area contributed by atoms with Crippen LogP contribution in [0.25, 0.3) is 0 Å². The molecule has 424 valence electrons. The number of nitrogens with zero attached hydrogens (tertiary/aromatic N) is 3. The number of hydrogen-bond donors (Lipinski definition) is 12. The van der Waals surface area contributed by atoms with Crippen molar-refractivity contribution in [3.05, 3.63) is 41.7 Å². The zero-order valence-corrected chi connectivity index (χ0v) is 44.0. The van der Waals surface area contributed by atoms with E-state index in [1.807, 2.05) is 11.8 Å². The largest absolute Gasteiger partial charge is 0.508 e. The average Bonchev–Trinajstić information content (AvgIpc) is 4.12. The standard InChI is InChI=1S/C48H72N14O14S/c1-28-44(69)51-23-39(65)53-29(2)45(70)57-34(21-30-10-12-32(63)13-11-30)46(71)52-24-40(66)55-33(43(49)68)7-5-6-15-62-25-31(60-61-62)22-35(47(72)54-28)56-41(67)26-76-20-19-75-18-17-74-16-14-50-38(64)9-4-3-8-37-42-36(27-77-37)58-48(73)59-42/h10-13,25,28-29,33-37,42,63H,3-9,14-24,26-27H2,1-2H3,(H2,49,68)(H,50,64)(H,51,69)(H,52,71)(H,53,65)(H,54,72)(H,55,66)(H,56,67)(H,57,70)(H2,58,59,73)/t28-,29-,33?,34-,35?,36?,37+,42+/m0/s1. The minimum atomic E-state index is -1.28. The quantitative estimate of drug-likeness (QED) is 0.0444. The van der Waals surface area contributed by atoms with Gasteiger partial charge < -0.3 is 78.2 Å². The molecule has 1 aromatic heterocycles. The monoisotopic (exact) mass is 1100 g/mol.